The number of aromatic hydroxyl groups is 1. The first-order valence-electron chi connectivity index (χ1n) is 11.5. The maximum atomic E-state index is 13.7. The highest BCUT2D eigenvalue weighted by Gasteiger charge is 2.35. The van der Waals surface area contributed by atoms with E-state index in [1.165, 1.54) is 0 Å². The standard InChI is InChI=1S/C30H31BrO3/c1-29(2,3)23-14-19(15-24(28(23)33)30(4,5)6)26-21-16-20(31)12-13-25(21)34-17-22(26)27(32)18-10-8-7-9-11-18/h7-17,26,33H,1-6H3/t26-/m1/s1. The fraction of sp³-hybridized carbons (Fsp3) is 0.300. The van der Waals surface area contributed by atoms with E-state index in [9.17, 15) is 9.90 Å². The number of carbonyl (C=O) groups is 1. The zero-order chi connectivity index (χ0) is 24.8. The smallest absolute Gasteiger partial charge is 0.193 e. The fourth-order valence-corrected chi connectivity index (χ4v) is 4.86. The Morgan fingerprint density at radius 1 is 0.882 bits per heavy atom. The average Bonchev–Trinajstić information content (AvgIpc) is 2.77. The van der Waals surface area contributed by atoms with E-state index in [1.54, 1.807) is 6.26 Å². The summed E-state index contributed by atoms with van der Waals surface area (Å²) in [5.74, 6) is 0.640. The molecule has 1 atom stereocenters. The molecule has 1 N–H and O–H groups in total. The van der Waals surface area contributed by atoms with Crippen LogP contribution >= 0.6 is 15.9 Å². The van der Waals surface area contributed by atoms with Gasteiger partial charge in [0.15, 0.2) is 5.78 Å². The molecule has 1 heterocycles. The van der Waals surface area contributed by atoms with Crippen molar-refractivity contribution in [1.82, 2.24) is 0 Å². The number of allylic oxidation sites excluding steroid dienone is 1. The van der Waals surface area contributed by atoms with Gasteiger partial charge < -0.3 is 9.84 Å². The van der Waals surface area contributed by atoms with Crippen LogP contribution in [-0.4, -0.2) is 10.9 Å². The van der Waals surface area contributed by atoms with E-state index in [0.29, 0.717) is 16.9 Å². The highest BCUT2D eigenvalue weighted by molar-refractivity contribution is 9.10. The minimum Gasteiger partial charge on any atom is -0.507 e. The third kappa shape index (κ3) is 4.56. The number of fused-ring (bicyclic) bond motifs is 1. The molecule has 4 rings (SSSR count). The van der Waals surface area contributed by atoms with Crippen molar-refractivity contribution in [1.29, 1.82) is 0 Å². The van der Waals surface area contributed by atoms with Gasteiger partial charge >= 0.3 is 0 Å². The topological polar surface area (TPSA) is 46.5 Å². The number of rotatable bonds is 3. The summed E-state index contributed by atoms with van der Waals surface area (Å²) in [6.45, 7) is 12.6. The summed E-state index contributed by atoms with van der Waals surface area (Å²) in [4.78, 5) is 13.7. The predicted molar refractivity (Wildman–Crippen MR) is 141 cm³/mol. The lowest BCUT2D eigenvalue weighted by Gasteiger charge is -2.32. The molecule has 176 valence electrons. The molecule has 0 saturated heterocycles. The minimum atomic E-state index is -0.336. The van der Waals surface area contributed by atoms with Gasteiger partial charge in [0.2, 0.25) is 0 Å². The summed E-state index contributed by atoms with van der Waals surface area (Å²) in [7, 11) is 0. The average molecular weight is 519 g/mol. The highest BCUT2D eigenvalue weighted by Crippen LogP contribution is 2.47. The van der Waals surface area contributed by atoms with E-state index in [0.717, 1.165) is 32.5 Å². The molecule has 1 aliphatic heterocycles. The largest absolute Gasteiger partial charge is 0.507 e. The van der Waals surface area contributed by atoms with Gasteiger partial charge in [-0.1, -0.05) is 99.9 Å². The zero-order valence-electron chi connectivity index (χ0n) is 20.6. The third-order valence-electron chi connectivity index (χ3n) is 6.29. The molecule has 0 unspecified atom stereocenters. The number of phenolic OH excluding ortho intramolecular Hbond substituents is 1. The fourth-order valence-electron chi connectivity index (χ4n) is 4.48. The van der Waals surface area contributed by atoms with Gasteiger partial charge in [0.1, 0.15) is 11.5 Å². The molecule has 3 nitrogen and oxygen atoms in total. The van der Waals surface area contributed by atoms with Crippen LogP contribution in [0.5, 0.6) is 11.5 Å². The maximum absolute atomic E-state index is 13.7. The monoisotopic (exact) mass is 518 g/mol. The maximum Gasteiger partial charge on any atom is 0.193 e. The molecule has 3 aromatic carbocycles. The number of ketones is 1. The Morgan fingerprint density at radius 2 is 1.47 bits per heavy atom. The van der Waals surface area contributed by atoms with Gasteiger partial charge in [-0.2, -0.15) is 0 Å². The van der Waals surface area contributed by atoms with E-state index in [-0.39, 0.29) is 22.5 Å². The van der Waals surface area contributed by atoms with Crippen LogP contribution in [0.3, 0.4) is 0 Å². The quantitative estimate of drug-likeness (QED) is 0.356. The number of hydrogen-bond acceptors (Lipinski definition) is 3. The van der Waals surface area contributed by atoms with Crippen molar-refractivity contribution in [2.45, 2.75) is 58.3 Å². The zero-order valence-corrected chi connectivity index (χ0v) is 22.2. The minimum absolute atomic E-state index is 0.0704. The van der Waals surface area contributed by atoms with Gasteiger partial charge in [0, 0.05) is 27.1 Å². The Labute approximate surface area is 210 Å². The molecule has 4 heteroatoms. The second-order valence-corrected chi connectivity index (χ2v) is 11.9. The first-order valence-corrected chi connectivity index (χ1v) is 12.3. The molecule has 0 radical (unpaired) electrons. The normalized spacial score (nSPS) is 15.9. The van der Waals surface area contributed by atoms with Crippen LogP contribution in [0.25, 0.3) is 0 Å². The Hall–Kier alpha value is -2.85. The molecule has 0 amide bonds. The van der Waals surface area contributed by atoms with E-state index in [4.69, 9.17) is 4.74 Å². The number of benzene rings is 3. The number of carbonyl (C=O) groups excluding carboxylic acids is 1. The number of ether oxygens (including phenoxy) is 1. The van der Waals surface area contributed by atoms with Crippen molar-refractivity contribution >= 4 is 21.7 Å². The van der Waals surface area contributed by atoms with Gasteiger partial charge in [0.05, 0.1) is 6.26 Å². The van der Waals surface area contributed by atoms with Crippen LogP contribution in [0.15, 0.2) is 77.0 Å². The van der Waals surface area contributed by atoms with Crippen molar-refractivity contribution < 1.29 is 14.6 Å². The molecule has 0 fully saturated rings. The van der Waals surface area contributed by atoms with Gasteiger partial charge in [-0.15, -0.1) is 0 Å². The molecule has 34 heavy (non-hydrogen) atoms. The summed E-state index contributed by atoms with van der Waals surface area (Å²) in [5, 5.41) is 11.3. The van der Waals surface area contributed by atoms with E-state index >= 15 is 0 Å². The Bertz CT molecular complexity index is 1240. The molecular weight excluding hydrogens is 488 g/mol. The number of hydrogen-bond donors (Lipinski definition) is 1. The van der Waals surface area contributed by atoms with E-state index < -0.39 is 0 Å². The van der Waals surface area contributed by atoms with Crippen LogP contribution in [-0.2, 0) is 10.8 Å². The molecule has 0 saturated carbocycles. The first-order chi connectivity index (χ1) is 15.9. The van der Waals surface area contributed by atoms with Crippen LogP contribution in [0.1, 0.15) is 80.1 Å². The number of phenols is 1. The third-order valence-corrected chi connectivity index (χ3v) is 6.78. The van der Waals surface area contributed by atoms with Crippen LogP contribution < -0.4 is 4.74 Å². The van der Waals surface area contributed by atoms with Crippen LogP contribution in [0.2, 0.25) is 0 Å². The van der Waals surface area contributed by atoms with Crippen molar-refractivity contribution in [2.24, 2.45) is 0 Å². The molecular formula is C30H31BrO3. The van der Waals surface area contributed by atoms with Crippen molar-refractivity contribution in [3.63, 3.8) is 0 Å². The highest BCUT2D eigenvalue weighted by atomic mass is 79.9. The second kappa shape index (κ2) is 8.74. The number of Topliss-reactive ketones (excluding diaryl/α,β-unsaturated/α-hetero) is 1. The first kappa shape index (κ1) is 24.3. The summed E-state index contributed by atoms with van der Waals surface area (Å²) in [6.07, 6.45) is 1.59. The Morgan fingerprint density at radius 3 is 2.03 bits per heavy atom. The summed E-state index contributed by atoms with van der Waals surface area (Å²) in [5.41, 5.74) is 4.24. The SMILES string of the molecule is CC(C)(C)c1cc([C@H]2C(C(=O)c3ccccc3)=COc3ccc(Br)cc32)cc(C(C)(C)C)c1O. The van der Waals surface area contributed by atoms with Crippen molar-refractivity contribution in [3.05, 3.63) is 105 Å². The number of halogens is 1. The van der Waals surface area contributed by atoms with Crippen LogP contribution in [0.4, 0.5) is 0 Å². The van der Waals surface area contributed by atoms with Crippen molar-refractivity contribution in [3.8, 4) is 11.5 Å². The molecule has 3 aromatic rings. The lowest BCUT2D eigenvalue weighted by atomic mass is 9.74. The molecule has 1 aliphatic rings. The molecule has 0 bridgehead atoms. The van der Waals surface area contributed by atoms with Gasteiger partial charge in [0.25, 0.3) is 0 Å². The van der Waals surface area contributed by atoms with Gasteiger partial charge in [-0.3, -0.25) is 4.79 Å². The lowest BCUT2D eigenvalue weighted by Crippen LogP contribution is -2.22. The van der Waals surface area contributed by atoms with Crippen molar-refractivity contribution in [2.75, 3.05) is 0 Å². The van der Waals surface area contributed by atoms with Gasteiger partial charge in [-0.25, -0.2) is 0 Å². The molecule has 0 spiro atoms. The summed E-state index contributed by atoms with van der Waals surface area (Å²) < 4.78 is 6.87. The molecule has 0 aliphatic carbocycles. The Kier molecular flexibility index (Phi) is 6.24. The summed E-state index contributed by atoms with van der Waals surface area (Å²) in [6, 6.07) is 19.3. The van der Waals surface area contributed by atoms with Gasteiger partial charge in [-0.05, 0) is 45.7 Å². The summed E-state index contributed by atoms with van der Waals surface area (Å²) >= 11 is 3.60. The predicted octanol–water partition coefficient (Wildman–Crippen LogP) is 8.04. The van der Waals surface area contributed by atoms with E-state index in [1.807, 2.05) is 48.5 Å². The molecule has 0 aromatic heterocycles. The Balaban J connectivity index is 2.00. The lowest BCUT2D eigenvalue weighted by molar-refractivity contribution is 0.102. The van der Waals surface area contributed by atoms with E-state index in [2.05, 4.69) is 69.6 Å². The van der Waals surface area contributed by atoms with Crippen LogP contribution in [0, 0.1) is 0 Å². The second-order valence-electron chi connectivity index (χ2n) is 11.0.